The van der Waals surface area contributed by atoms with Crippen molar-refractivity contribution < 1.29 is 9.84 Å². The quantitative estimate of drug-likeness (QED) is 0.212. The van der Waals surface area contributed by atoms with Crippen LogP contribution in [-0.4, -0.2) is 53.7 Å². The van der Waals surface area contributed by atoms with Gasteiger partial charge in [0.15, 0.2) is 5.96 Å². The maximum Gasteiger partial charge on any atom is 0.191 e. The molecule has 1 aromatic heterocycles. The van der Waals surface area contributed by atoms with Crippen molar-refractivity contribution in [1.82, 2.24) is 20.4 Å². The zero-order chi connectivity index (χ0) is 18.0. The maximum atomic E-state index is 10.6. The largest absolute Gasteiger partial charge is 0.383 e. The Balaban J connectivity index is 0.00000576. The number of guanidine groups is 1. The van der Waals surface area contributed by atoms with E-state index in [2.05, 4.69) is 34.6 Å². The molecule has 0 aromatic carbocycles. The van der Waals surface area contributed by atoms with E-state index in [-0.39, 0.29) is 30.5 Å². The summed E-state index contributed by atoms with van der Waals surface area (Å²) >= 11 is 0. The van der Waals surface area contributed by atoms with E-state index in [9.17, 15) is 5.11 Å². The van der Waals surface area contributed by atoms with Crippen molar-refractivity contribution in [3.05, 3.63) is 18.0 Å². The molecular weight excluding hydrogens is 433 g/mol. The minimum Gasteiger partial charge on any atom is -0.383 e. The number of ether oxygens (including phenoxy) is 1. The number of halogens is 1. The number of aryl methyl sites for hydroxylation is 1. The van der Waals surface area contributed by atoms with Crippen molar-refractivity contribution in [2.75, 3.05) is 32.8 Å². The summed E-state index contributed by atoms with van der Waals surface area (Å²) in [4.78, 5) is 4.47. The summed E-state index contributed by atoms with van der Waals surface area (Å²) < 4.78 is 7.26. The van der Waals surface area contributed by atoms with Gasteiger partial charge in [-0.1, -0.05) is 13.8 Å². The van der Waals surface area contributed by atoms with Gasteiger partial charge in [-0.3, -0.25) is 4.68 Å². The van der Waals surface area contributed by atoms with E-state index < -0.39 is 5.60 Å². The van der Waals surface area contributed by atoms with Crippen LogP contribution in [0.5, 0.6) is 0 Å². The first-order valence-electron chi connectivity index (χ1n) is 8.66. The minimum absolute atomic E-state index is 0. The molecule has 0 aliphatic rings. The van der Waals surface area contributed by atoms with Crippen molar-refractivity contribution in [2.45, 2.75) is 39.7 Å². The molecule has 1 rings (SSSR count). The molecule has 0 bridgehead atoms. The Morgan fingerprint density at radius 1 is 1.40 bits per heavy atom. The Morgan fingerprint density at radius 3 is 2.68 bits per heavy atom. The first-order chi connectivity index (χ1) is 11.3. The number of aromatic nitrogens is 2. The molecule has 0 saturated heterocycles. The Morgan fingerprint density at radius 2 is 2.12 bits per heavy atom. The van der Waals surface area contributed by atoms with Gasteiger partial charge in [0.25, 0.3) is 0 Å². The molecule has 0 saturated carbocycles. The highest BCUT2D eigenvalue weighted by Crippen LogP contribution is 2.19. The third-order valence-electron chi connectivity index (χ3n) is 3.59. The summed E-state index contributed by atoms with van der Waals surface area (Å²) in [6.07, 6.45) is 4.54. The van der Waals surface area contributed by atoms with Crippen molar-refractivity contribution in [3.63, 3.8) is 0 Å². The molecule has 0 aliphatic carbocycles. The molecule has 25 heavy (non-hydrogen) atoms. The number of nitrogens with one attached hydrogen (secondary N) is 2. The van der Waals surface area contributed by atoms with Crippen LogP contribution in [0.4, 0.5) is 0 Å². The molecule has 1 unspecified atom stereocenters. The summed E-state index contributed by atoms with van der Waals surface area (Å²) in [6.45, 7) is 11.2. The van der Waals surface area contributed by atoms with E-state index in [1.54, 1.807) is 24.0 Å². The van der Waals surface area contributed by atoms with Crippen LogP contribution in [0.25, 0.3) is 0 Å². The second kappa shape index (κ2) is 12.5. The minimum atomic E-state index is -1.05. The van der Waals surface area contributed by atoms with Crippen LogP contribution in [0.2, 0.25) is 0 Å². The van der Waals surface area contributed by atoms with Crippen LogP contribution in [0.15, 0.2) is 17.4 Å². The Labute approximate surface area is 168 Å². The molecular formula is C17H34IN5O2. The van der Waals surface area contributed by atoms with Gasteiger partial charge in [0.1, 0.15) is 5.60 Å². The number of aliphatic imine (C=N–C) groups is 1. The number of aliphatic hydroxyl groups is 1. The highest BCUT2D eigenvalue weighted by atomic mass is 127. The molecule has 0 spiro atoms. The molecule has 0 aliphatic heterocycles. The molecule has 8 heteroatoms. The topological polar surface area (TPSA) is 83.7 Å². The predicted octanol–water partition coefficient (Wildman–Crippen LogP) is 1.86. The Hall–Kier alpha value is -0.870. The van der Waals surface area contributed by atoms with E-state index in [0.717, 1.165) is 25.1 Å². The van der Waals surface area contributed by atoms with Gasteiger partial charge in [0, 0.05) is 38.5 Å². The van der Waals surface area contributed by atoms with Gasteiger partial charge in [-0.25, -0.2) is 4.99 Å². The summed E-state index contributed by atoms with van der Waals surface area (Å²) in [5.74, 6) is 1.33. The van der Waals surface area contributed by atoms with Gasteiger partial charge in [-0.05, 0) is 26.2 Å². The fraction of sp³-hybridized carbons (Fsp3) is 0.765. The van der Waals surface area contributed by atoms with Gasteiger partial charge >= 0.3 is 0 Å². The first-order valence-corrected chi connectivity index (χ1v) is 8.66. The molecule has 7 nitrogen and oxygen atoms in total. The molecule has 3 N–H and O–H groups in total. The average Bonchev–Trinajstić information content (AvgIpc) is 2.95. The number of hydrogen-bond acceptors (Lipinski definition) is 4. The van der Waals surface area contributed by atoms with Crippen molar-refractivity contribution >= 4 is 29.9 Å². The molecule has 1 atom stereocenters. The van der Waals surface area contributed by atoms with E-state index in [1.165, 1.54) is 0 Å². The van der Waals surface area contributed by atoms with Crippen molar-refractivity contribution in [2.24, 2.45) is 18.0 Å². The Bertz CT molecular complexity index is 503. The van der Waals surface area contributed by atoms with E-state index in [0.29, 0.717) is 25.0 Å². The Kier molecular flexibility index (Phi) is 12.0. The maximum absolute atomic E-state index is 10.6. The fourth-order valence-electron chi connectivity index (χ4n) is 2.03. The SMILES string of the molecule is CCNC(=NCC(C)(O)c1cnn(C)c1)NCCOCCC(C)C.I. The lowest BCUT2D eigenvalue weighted by atomic mass is 10.0. The first kappa shape index (κ1) is 24.1. The number of nitrogens with zero attached hydrogens (tertiary/aromatic N) is 3. The van der Waals surface area contributed by atoms with Crippen LogP contribution in [0.3, 0.4) is 0 Å². The van der Waals surface area contributed by atoms with Gasteiger partial charge < -0.3 is 20.5 Å². The van der Waals surface area contributed by atoms with Crippen molar-refractivity contribution in [3.8, 4) is 0 Å². The normalized spacial score (nSPS) is 14.1. The highest BCUT2D eigenvalue weighted by Gasteiger charge is 2.24. The van der Waals surface area contributed by atoms with Gasteiger partial charge in [-0.15, -0.1) is 24.0 Å². The number of rotatable bonds is 10. The summed E-state index contributed by atoms with van der Waals surface area (Å²) in [5, 5.41) is 21.1. The lowest BCUT2D eigenvalue weighted by Crippen LogP contribution is -2.40. The predicted molar refractivity (Wildman–Crippen MR) is 112 cm³/mol. The van der Waals surface area contributed by atoms with Crippen LogP contribution in [-0.2, 0) is 17.4 Å². The zero-order valence-corrected chi connectivity index (χ0v) is 18.4. The van der Waals surface area contributed by atoms with Crippen LogP contribution in [0, 0.1) is 5.92 Å². The van der Waals surface area contributed by atoms with Crippen LogP contribution >= 0.6 is 24.0 Å². The van der Waals surface area contributed by atoms with Gasteiger partial charge in [0.05, 0.1) is 19.3 Å². The average molecular weight is 467 g/mol. The smallest absolute Gasteiger partial charge is 0.191 e. The van der Waals surface area contributed by atoms with Gasteiger partial charge in [-0.2, -0.15) is 5.10 Å². The summed E-state index contributed by atoms with van der Waals surface area (Å²) in [5.41, 5.74) is -0.300. The third-order valence-corrected chi connectivity index (χ3v) is 3.59. The molecule has 0 radical (unpaired) electrons. The number of hydrogen-bond donors (Lipinski definition) is 3. The van der Waals surface area contributed by atoms with Crippen molar-refractivity contribution in [1.29, 1.82) is 0 Å². The van der Waals surface area contributed by atoms with E-state index >= 15 is 0 Å². The molecule has 0 fully saturated rings. The molecule has 1 aromatic rings. The second-order valence-electron chi connectivity index (χ2n) is 6.59. The van der Waals surface area contributed by atoms with Crippen LogP contribution < -0.4 is 10.6 Å². The van der Waals surface area contributed by atoms with E-state index in [1.807, 2.05) is 14.0 Å². The zero-order valence-electron chi connectivity index (χ0n) is 16.1. The molecule has 1 heterocycles. The van der Waals surface area contributed by atoms with E-state index in [4.69, 9.17) is 4.74 Å². The summed E-state index contributed by atoms with van der Waals surface area (Å²) in [6, 6.07) is 0. The third kappa shape index (κ3) is 10.0. The lowest BCUT2D eigenvalue weighted by Gasteiger charge is -2.20. The highest BCUT2D eigenvalue weighted by molar-refractivity contribution is 14.0. The lowest BCUT2D eigenvalue weighted by molar-refractivity contribution is 0.0671. The summed E-state index contributed by atoms with van der Waals surface area (Å²) in [7, 11) is 1.83. The second-order valence-corrected chi connectivity index (χ2v) is 6.59. The monoisotopic (exact) mass is 467 g/mol. The molecule has 146 valence electrons. The van der Waals surface area contributed by atoms with Gasteiger partial charge in [0.2, 0.25) is 0 Å². The standard InChI is InChI=1S/C17H33N5O2.HI/c1-6-18-16(19-8-10-24-9-7-14(2)3)20-13-17(4,23)15-11-21-22(5)12-15;/h11-12,14,23H,6-10,13H2,1-5H3,(H2,18,19,20);1H. The molecule has 0 amide bonds. The fourth-order valence-corrected chi connectivity index (χ4v) is 2.03. The van der Waals surface area contributed by atoms with Crippen LogP contribution in [0.1, 0.15) is 39.7 Å².